The SMILES string of the molecule is N#Cc1cc(Cl)cc(CC(=O)O)c1N. The van der Waals surface area contributed by atoms with E-state index < -0.39 is 5.97 Å². The van der Waals surface area contributed by atoms with Gasteiger partial charge in [-0.15, -0.1) is 0 Å². The molecule has 0 heterocycles. The Morgan fingerprint density at radius 1 is 1.64 bits per heavy atom. The molecule has 4 nitrogen and oxygen atoms in total. The molecule has 0 bridgehead atoms. The van der Waals surface area contributed by atoms with Crippen molar-refractivity contribution in [2.24, 2.45) is 0 Å². The molecule has 14 heavy (non-hydrogen) atoms. The molecule has 72 valence electrons. The zero-order chi connectivity index (χ0) is 10.7. The maximum atomic E-state index is 10.5. The van der Waals surface area contributed by atoms with Crippen LogP contribution in [0.2, 0.25) is 5.02 Å². The van der Waals surface area contributed by atoms with Crippen molar-refractivity contribution in [2.45, 2.75) is 6.42 Å². The van der Waals surface area contributed by atoms with Crippen molar-refractivity contribution < 1.29 is 9.90 Å². The Morgan fingerprint density at radius 3 is 2.79 bits per heavy atom. The van der Waals surface area contributed by atoms with Crippen LogP contribution in [0.5, 0.6) is 0 Å². The van der Waals surface area contributed by atoms with Gasteiger partial charge in [-0.05, 0) is 17.7 Å². The maximum Gasteiger partial charge on any atom is 0.307 e. The molecule has 0 atom stereocenters. The Morgan fingerprint density at radius 2 is 2.29 bits per heavy atom. The van der Waals surface area contributed by atoms with Gasteiger partial charge in [-0.2, -0.15) is 5.26 Å². The van der Waals surface area contributed by atoms with Crippen LogP contribution < -0.4 is 5.73 Å². The van der Waals surface area contributed by atoms with Crippen LogP contribution in [-0.4, -0.2) is 11.1 Å². The summed E-state index contributed by atoms with van der Waals surface area (Å²) in [4.78, 5) is 10.5. The topological polar surface area (TPSA) is 87.1 Å². The van der Waals surface area contributed by atoms with Crippen LogP contribution >= 0.6 is 11.6 Å². The molecule has 0 aliphatic rings. The molecule has 0 amide bonds. The number of hydrogen-bond donors (Lipinski definition) is 2. The molecule has 0 fully saturated rings. The second-order valence-electron chi connectivity index (χ2n) is 2.71. The molecule has 0 radical (unpaired) electrons. The number of nitriles is 1. The normalized spacial score (nSPS) is 9.43. The third-order valence-electron chi connectivity index (χ3n) is 1.69. The van der Waals surface area contributed by atoms with E-state index in [1.165, 1.54) is 12.1 Å². The van der Waals surface area contributed by atoms with Gasteiger partial charge in [-0.3, -0.25) is 4.79 Å². The standard InChI is InChI=1S/C9H7ClN2O2/c10-7-1-5(3-8(13)14)9(12)6(2-7)4-11/h1-2H,3,12H2,(H,13,14). The Hall–Kier alpha value is -1.73. The number of nitrogen functional groups attached to an aromatic ring is 1. The lowest BCUT2D eigenvalue weighted by molar-refractivity contribution is -0.136. The molecule has 0 saturated carbocycles. The van der Waals surface area contributed by atoms with Crippen molar-refractivity contribution in [3.8, 4) is 6.07 Å². The molecule has 0 aliphatic heterocycles. The van der Waals surface area contributed by atoms with Gasteiger partial charge in [0.15, 0.2) is 0 Å². The third-order valence-corrected chi connectivity index (χ3v) is 1.91. The van der Waals surface area contributed by atoms with E-state index in [-0.39, 0.29) is 17.7 Å². The number of anilines is 1. The highest BCUT2D eigenvalue weighted by Crippen LogP contribution is 2.23. The minimum atomic E-state index is -1.01. The van der Waals surface area contributed by atoms with Crippen LogP contribution in [0.1, 0.15) is 11.1 Å². The van der Waals surface area contributed by atoms with Gasteiger partial charge in [0.1, 0.15) is 6.07 Å². The number of halogens is 1. The van der Waals surface area contributed by atoms with Crippen LogP contribution in [0.15, 0.2) is 12.1 Å². The van der Waals surface area contributed by atoms with Gasteiger partial charge in [0.2, 0.25) is 0 Å². The first-order chi connectivity index (χ1) is 6.54. The van der Waals surface area contributed by atoms with Crippen LogP contribution in [0.4, 0.5) is 5.69 Å². The van der Waals surface area contributed by atoms with E-state index in [4.69, 9.17) is 27.7 Å². The van der Waals surface area contributed by atoms with Crippen molar-refractivity contribution >= 4 is 23.3 Å². The van der Waals surface area contributed by atoms with Crippen molar-refractivity contribution in [3.05, 3.63) is 28.3 Å². The summed E-state index contributed by atoms with van der Waals surface area (Å²) >= 11 is 5.68. The van der Waals surface area contributed by atoms with Gasteiger partial charge in [0.25, 0.3) is 0 Å². The lowest BCUT2D eigenvalue weighted by Gasteiger charge is -2.05. The maximum absolute atomic E-state index is 10.5. The van der Waals surface area contributed by atoms with Gasteiger partial charge in [0.05, 0.1) is 17.7 Å². The highest BCUT2D eigenvalue weighted by atomic mass is 35.5. The summed E-state index contributed by atoms with van der Waals surface area (Å²) in [6.07, 6.45) is -0.235. The van der Waals surface area contributed by atoms with Gasteiger partial charge in [0, 0.05) is 5.02 Å². The molecular weight excluding hydrogens is 204 g/mol. The quantitative estimate of drug-likeness (QED) is 0.723. The molecule has 3 N–H and O–H groups in total. The molecular formula is C9H7ClN2O2. The summed E-state index contributed by atoms with van der Waals surface area (Å²) < 4.78 is 0. The summed E-state index contributed by atoms with van der Waals surface area (Å²) in [5.74, 6) is -1.01. The minimum Gasteiger partial charge on any atom is -0.481 e. The lowest BCUT2D eigenvalue weighted by Crippen LogP contribution is -2.05. The van der Waals surface area contributed by atoms with Crippen molar-refractivity contribution in [1.29, 1.82) is 5.26 Å². The van der Waals surface area contributed by atoms with E-state index >= 15 is 0 Å². The highest BCUT2D eigenvalue weighted by molar-refractivity contribution is 6.30. The van der Waals surface area contributed by atoms with Crippen molar-refractivity contribution in [2.75, 3.05) is 5.73 Å². The highest BCUT2D eigenvalue weighted by Gasteiger charge is 2.09. The van der Waals surface area contributed by atoms with Crippen LogP contribution in [-0.2, 0) is 11.2 Å². The Kier molecular flexibility index (Phi) is 2.95. The third kappa shape index (κ3) is 2.15. The summed E-state index contributed by atoms with van der Waals surface area (Å²) in [5.41, 5.74) is 6.31. The molecule has 1 aromatic rings. The first-order valence-corrected chi connectivity index (χ1v) is 4.12. The van der Waals surface area contributed by atoms with E-state index in [0.29, 0.717) is 10.6 Å². The number of carboxylic acids is 1. The molecule has 0 spiro atoms. The van der Waals surface area contributed by atoms with Gasteiger partial charge in [-0.25, -0.2) is 0 Å². The Bertz CT molecular complexity index is 424. The number of rotatable bonds is 2. The van der Waals surface area contributed by atoms with E-state index in [9.17, 15) is 4.79 Å². The fourth-order valence-corrected chi connectivity index (χ4v) is 1.32. The molecule has 0 aromatic heterocycles. The zero-order valence-electron chi connectivity index (χ0n) is 7.12. The Labute approximate surface area is 85.5 Å². The van der Waals surface area contributed by atoms with Crippen molar-refractivity contribution in [1.82, 2.24) is 0 Å². The number of nitrogens with zero attached hydrogens (tertiary/aromatic N) is 1. The minimum absolute atomic E-state index is 0.180. The number of aliphatic carboxylic acids is 1. The number of carboxylic acid groups (broad SMARTS) is 1. The van der Waals surface area contributed by atoms with Crippen LogP contribution in [0.25, 0.3) is 0 Å². The first kappa shape index (κ1) is 10.4. The lowest BCUT2D eigenvalue weighted by atomic mass is 10.1. The van der Waals surface area contributed by atoms with Gasteiger partial charge >= 0.3 is 5.97 Å². The summed E-state index contributed by atoms with van der Waals surface area (Å²) in [7, 11) is 0. The first-order valence-electron chi connectivity index (χ1n) is 3.74. The number of carbonyl (C=O) groups is 1. The van der Waals surface area contributed by atoms with E-state index in [1.54, 1.807) is 0 Å². The molecule has 1 rings (SSSR count). The zero-order valence-corrected chi connectivity index (χ0v) is 7.88. The second kappa shape index (κ2) is 3.99. The summed E-state index contributed by atoms with van der Waals surface area (Å²) in [6, 6.07) is 4.70. The molecule has 5 heteroatoms. The monoisotopic (exact) mass is 210 g/mol. The summed E-state index contributed by atoms with van der Waals surface area (Å²) in [5, 5.41) is 17.5. The molecule has 0 unspecified atom stereocenters. The largest absolute Gasteiger partial charge is 0.481 e. The van der Waals surface area contributed by atoms with Gasteiger partial charge in [-0.1, -0.05) is 11.6 Å². The Balaban J connectivity index is 3.23. The van der Waals surface area contributed by atoms with Crippen molar-refractivity contribution in [3.63, 3.8) is 0 Å². The average molecular weight is 211 g/mol. The molecule has 0 aliphatic carbocycles. The van der Waals surface area contributed by atoms with E-state index in [0.717, 1.165) is 0 Å². The number of hydrogen-bond acceptors (Lipinski definition) is 3. The smallest absolute Gasteiger partial charge is 0.307 e. The molecule has 0 saturated heterocycles. The molecule has 1 aromatic carbocycles. The van der Waals surface area contributed by atoms with E-state index in [2.05, 4.69) is 0 Å². The predicted octanol–water partition coefficient (Wildman–Crippen LogP) is 1.42. The average Bonchev–Trinajstić information content (AvgIpc) is 2.09. The second-order valence-corrected chi connectivity index (χ2v) is 3.14. The van der Waals surface area contributed by atoms with Crippen LogP contribution in [0.3, 0.4) is 0 Å². The summed E-state index contributed by atoms with van der Waals surface area (Å²) in [6.45, 7) is 0. The van der Waals surface area contributed by atoms with E-state index in [1.807, 2.05) is 6.07 Å². The predicted molar refractivity (Wildman–Crippen MR) is 51.9 cm³/mol. The fourth-order valence-electron chi connectivity index (χ4n) is 1.08. The number of benzene rings is 1. The fraction of sp³-hybridized carbons (Fsp3) is 0.111. The van der Waals surface area contributed by atoms with Crippen LogP contribution in [0, 0.1) is 11.3 Å². The van der Waals surface area contributed by atoms with Gasteiger partial charge < -0.3 is 10.8 Å². The number of nitrogens with two attached hydrogens (primary N) is 1.